The average molecular weight is 600 g/mol. The second kappa shape index (κ2) is 14.9. The number of hydrogen-bond acceptors (Lipinski definition) is 8. The van der Waals surface area contributed by atoms with Crippen molar-refractivity contribution in [2.24, 2.45) is 0 Å². The monoisotopic (exact) mass is 599 g/mol. The van der Waals surface area contributed by atoms with Crippen LogP contribution in [0.25, 0.3) is 0 Å². The maximum Gasteiger partial charge on any atom is 0.336 e. The minimum atomic E-state index is -2.74. The number of rotatable bonds is 10. The zero-order chi connectivity index (χ0) is 31.7. The molecule has 0 bridgehead atoms. The van der Waals surface area contributed by atoms with Crippen LogP contribution in [0.1, 0.15) is 43.7 Å². The third-order valence-corrected chi connectivity index (χ3v) is 7.57. The summed E-state index contributed by atoms with van der Waals surface area (Å²) in [6, 6.07) is 16.8. The van der Waals surface area contributed by atoms with Gasteiger partial charge in [0, 0.05) is 50.5 Å². The van der Waals surface area contributed by atoms with Gasteiger partial charge in [0.15, 0.2) is 5.60 Å². The summed E-state index contributed by atoms with van der Waals surface area (Å²) in [7, 11) is 2.17. The van der Waals surface area contributed by atoms with Crippen LogP contribution in [0.2, 0.25) is 0 Å². The van der Waals surface area contributed by atoms with Crippen LogP contribution < -0.4 is 9.80 Å². The molecule has 12 heteroatoms. The number of nitrogens with zero attached hydrogens (tertiary/aromatic N) is 3. The summed E-state index contributed by atoms with van der Waals surface area (Å²) in [6.07, 6.45) is -2.11. The van der Waals surface area contributed by atoms with Crippen molar-refractivity contribution >= 4 is 35.2 Å². The smallest absolute Gasteiger partial charge is 0.336 e. The Labute approximate surface area is 251 Å². The van der Waals surface area contributed by atoms with Gasteiger partial charge >= 0.3 is 17.9 Å². The van der Waals surface area contributed by atoms with Crippen LogP contribution in [0, 0.1) is 0 Å². The number of hydrogen-bond donors (Lipinski definition) is 4. The van der Waals surface area contributed by atoms with Gasteiger partial charge in [-0.1, -0.05) is 44.2 Å². The van der Waals surface area contributed by atoms with Crippen molar-refractivity contribution < 1.29 is 44.3 Å². The molecule has 0 spiro atoms. The third kappa shape index (κ3) is 9.24. The Morgan fingerprint density at radius 2 is 1.49 bits per heavy atom. The summed E-state index contributed by atoms with van der Waals surface area (Å²) in [5.41, 5.74) is 1.94. The number of aliphatic carboxylic acids is 3. The normalized spacial score (nSPS) is 17.8. The minimum Gasteiger partial charge on any atom is -0.481 e. The van der Waals surface area contributed by atoms with E-state index in [2.05, 4.69) is 79.2 Å². The van der Waals surface area contributed by atoms with Crippen molar-refractivity contribution in [2.75, 3.05) is 56.2 Å². The fourth-order valence-corrected chi connectivity index (χ4v) is 5.04. The molecule has 0 saturated carbocycles. The number of carbonyl (C=O) groups excluding carboxylic acids is 1. The standard InChI is InChI=1S/C25H33N3O2.C6H8O7/c1-19(2)20-8-10-22(11-9-20)28-16-17-30-24(25(28)29)18-21-6-4-5-7-23(21)27-14-12-26(3)13-15-27;7-3(8)1-6(13,5(11)12)2-4(9)10/h4-11,19,24H,12-18H2,1-3H3;13H,1-2H2,(H,7,8)(H,9,10)(H,11,12). The van der Waals surface area contributed by atoms with Gasteiger partial charge in [0.1, 0.15) is 6.10 Å². The molecule has 1 amide bonds. The first kappa shape index (κ1) is 33.5. The number of carboxylic acids is 3. The van der Waals surface area contributed by atoms with E-state index in [9.17, 15) is 19.2 Å². The largest absolute Gasteiger partial charge is 0.481 e. The molecule has 0 aliphatic carbocycles. The summed E-state index contributed by atoms with van der Waals surface area (Å²) in [5.74, 6) is -4.47. The van der Waals surface area contributed by atoms with Crippen molar-refractivity contribution in [3.05, 3.63) is 59.7 Å². The highest BCUT2D eigenvalue weighted by atomic mass is 16.5. The number of para-hydroxylation sites is 1. The molecule has 0 aromatic heterocycles. The summed E-state index contributed by atoms with van der Waals surface area (Å²) < 4.78 is 5.95. The van der Waals surface area contributed by atoms with E-state index in [0.29, 0.717) is 25.5 Å². The van der Waals surface area contributed by atoms with Gasteiger partial charge in [-0.05, 0) is 42.3 Å². The first-order chi connectivity index (χ1) is 20.3. The lowest BCUT2D eigenvalue weighted by Crippen LogP contribution is -2.49. The Hall–Kier alpha value is -4.00. The number of piperazine rings is 1. The van der Waals surface area contributed by atoms with Crippen molar-refractivity contribution in [1.29, 1.82) is 0 Å². The number of anilines is 2. The molecule has 2 fully saturated rings. The van der Waals surface area contributed by atoms with Crippen LogP contribution in [-0.2, 0) is 30.3 Å². The fraction of sp³-hybridized carbons (Fsp3) is 0.484. The van der Waals surface area contributed by atoms with E-state index in [-0.39, 0.29) is 5.91 Å². The molecule has 4 N–H and O–H groups in total. The van der Waals surface area contributed by atoms with Crippen LogP contribution in [0.5, 0.6) is 0 Å². The lowest BCUT2D eigenvalue weighted by Gasteiger charge is -2.36. The highest BCUT2D eigenvalue weighted by Gasteiger charge is 2.40. The summed E-state index contributed by atoms with van der Waals surface area (Å²) >= 11 is 0. The van der Waals surface area contributed by atoms with Crippen molar-refractivity contribution in [3.63, 3.8) is 0 Å². The van der Waals surface area contributed by atoms with Crippen molar-refractivity contribution in [2.45, 2.75) is 50.7 Å². The first-order valence-corrected chi connectivity index (χ1v) is 14.2. The molecular weight excluding hydrogens is 558 g/mol. The molecule has 1 unspecified atom stereocenters. The van der Waals surface area contributed by atoms with Gasteiger partial charge in [-0.15, -0.1) is 0 Å². The van der Waals surface area contributed by atoms with Gasteiger partial charge in [0.25, 0.3) is 5.91 Å². The van der Waals surface area contributed by atoms with E-state index in [4.69, 9.17) is 25.2 Å². The first-order valence-electron chi connectivity index (χ1n) is 14.2. The van der Waals surface area contributed by atoms with Crippen LogP contribution in [0.3, 0.4) is 0 Å². The number of benzene rings is 2. The Morgan fingerprint density at radius 1 is 0.907 bits per heavy atom. The van der Waals surface area contributed by atoms with Crippen molar-refractivity contribution in [3.8, 4) is 0 Å². The Morgan fingerprint density at radius 3 is 2.02 bits per heavy atom. The maximum absolute atomic E-state index is 13.3. The number of carbonyl (C=O) groups is 4. The SMILES string of the molecule is CC(C)c1ccc(N2CCOC(Cc3ccccc3N3CCN(C)CC3)C2=O)cc1.O=C(O)CC(O)(CC(=O)O)C(=O)O. The number of carboxylic acid groups (broad SMARTS) is 3. The van der Waals surface area contributed by atoms with E-state index < -0.39 is 42.5 Å². The van der Waals surface area contributed by atoms with Crippen molar-refractivity contribution in [1.82, 2.24) is 4.90 Å². The zero-order valence-corrected chi connectivity index (χ0v) is 24.8. The number of amides is 1. The Balaban J connectivity index is 0.000000331. The second-order valence-electron chi connectivity index (χ2n) is 11.2. The quantitative estimate of drug-likeness (QED) is 0.316. The van der Waals surface area contributed by atoms with Crippen LogP contribution in [0.4, 0.5) is 11.4 Å². The number of morpholine rings is 1. The molecule has 0 radical (unpaired) electrons. The summed E-state index contributed by atoms with van der Waals surface area (Å²) in [6.45, 7) is 9.70. The molecule has 2 aliphatic rings. The zero-order valence-electron chi connectivity index (χ0n) is 24.8. The predicted molar refractivity (Wildman–Crippen MR) is 160 cm³/mol. The third-order valence-electron chi connectivity index (χ3n) is 7.57. The molecule has 4 rings (SSSR count). The molecule has 2 aromatic carbocycles. The van der Waals surface area contributed by atoms with Crippen LogP contribution in [0.15, 0.2) is 48.5 Å². The second-order valence-corrected chi connectivity index (χ2v) is 11.2. The summed E-state index contributed by atoms with van der Waals surface area (Å²) in [4.78, 5) is 50.4. The van der Waals surface area contributed by atoms with Gasteiger partial charge in [-0.25, -0.2) is 4.79 Å². The number of ether oxygens (including phenoxy) is 1. The van der Waals surface area contributed by atoms with E-state index in [0.717, 1.165) is 31.9 Å². The van der Waals surface area contributed by atoms with Crippen LogP contribution >= 0.6 is 0 Å². The highest BCUT2D eigenvalue weighted by molar-refractivity contribution is 5.97. The van der Waals surface area contributed by atoms with E-state index >= 15 is 0 Å². The number of likely N-dealkylation sites (N-methyl/N-ethyl adjacent to an activating group) is 1. The van der Waals surface area contributed by atoms with E-state index in [1.54, 1.807) is 0 Å². The van der Waals surface area contributed by atoms with Gasteiger partial charge in [-0.3, -0.25) is 14.4 Å². The van der Waals surface area contributed by atoms with Gasteiger partial charge in [0.05, 0.1) is 19.4 Å². The van der Waals surface area contributed by atoms with Gasteiger partial charge in [-0.2, -0.15) is 0 Å². The Kier molecular flexibility index (Phi) is 11.6. The van der Waals surface area contributed by atoms with E-state index in [1.807, 2.05) is 4.90 Å². The van der Waals surface area contributed by atoms with Gasteiger partial charge in [0.2, 0.25) is 0 Å². The van der Waals surface area contributed by atoms with Crippen LogP contribution in [-0.4, -0.2) is 107 Å². The maximum atomic E-state index is 13.3. The Bertz CT molecular complexity index is 1260. The molecule has 2 aliphatic heterocycles. The fourth-order valence-electron chi connectivity index (χ4n) is 5.04. The molecule has 1 atom stereocenters. The topological polar surface area (TPSA) is 168 Å². The molecule has 12 nitrogen and oxygen atoms in total. The highest BCUT2D eigenvalue weighted by Crippen LogP contribution is 2.27. The molecular formula is C31H41N3O9. The average Bonchev–Trinajstić information content (AvgIpc) is 2.94. The van der Waals surface area contributed by atoms with E-state index in [1.165, 1.54) is 16.8 Å². The number of aliphatic hydroxyl groups is 1. The predicted octanol–water partition coefficient (Wildman–Crippen LogP) is 2.29. The van der Waals surface area contributed by atoms with Gasteiger partial charge < -0.3 is 39.9 Å². The minimum absolute atomic E-state index is 0.0618. The summed E-state index contributed by atoms with van der Waals surface area (Å²) in [5, 5.41) is 33.8. The molecule has 234 valence electrons. The lowest BCUT2D eigenvalue weighted by atomic mass is 9.96. The lowest BCUT2D eigenvalue weighted by molar-refractivity contribution is -0.170. The molecule has 2 heterocycles. The molecule has 43 heavy (non-hydrogen) atoms. The molecule has 2 aromatic rings. The molecule has 2 saturated heterocycles.